The molecule has 0 fully saturated rings. The summed E-state index contributed by atoms with van der Waals surface area (Å²) in [7, 11) is 0. The van der Waals surface area contributed by atoms with Gasteiger partial charge in [-0.2, -0.15) is 0 Å². The molecule has 0 unspecified atom stereocenters. The maximum Gasteiger partial charge on any atom is 0.329 e. The van der Waals surface area contributed by atoms with Crippen molar-refractivity contribution >= 4 is 29.6 Å². The predicted molar refractivity (Wildman–Crippen MR) is 104 cm³/mol. The lowest BCUT2D eigenvalue weighted by Crippen LogP contribution is -2.52. The number of rotatable bonds is 13. The van der Waals surface area contributed by atoms with Crippen LogP contribution in [0.25, 0.3) is 0 Å². The molecule has 0 aliphatic heterocycles. The van der Waals surface area contributed by atoms with Crippen LogP contribution < -0.4 is 27.0 Å². The van der Waals surface area contributed by atoms with E-state index in [0.717, 1.165) is 5.56 Å². The monoisotopic (exact) mass is 423 g/mol. The number of amides is 4. The molecule has 0 saturated heterocycles. The van der Waals surface area contributed by atoms with Crippen molar-refractivity contribution in [2.75, 3.05) is 33.0 Å². The summed E-state index contributed by atoms with van der Waals surface area (Å²) in [5, 5.41) is 17.9. The average molecular weight is 423 g/mol. The molecule has 7 N–H and O–H groups in total. The Balaban J connectivity index is 2.58. The van der Waals surface area contributed by atoms with Gasteiger partial charge < -0.3 is 36.8 Å². The van der Waals surface area contributed by atoms with Crippen molar-refractivity contribution in [2.24, 2.45) is 5.73 Å². The molecule has 1 aromatic rings. The molecule has 1 rings (SSSR count). The van der Waals surface area contributed by atoms with E-state index in [4.69, 9.17) is 10.8 Å². The largest absolute Gasteiger partial charge is 0.480 e. The first kappa shape index (κ1) is 24.5. The lowest BCUT2D eigenvalue weighted by molar-refractivity contribution is -0.143. The van der Waals surface area contributed by atoms with Crippen molar-refractivity contribution in [3.63, 3.8) is 0 Å². The molecule has 0 bridgehead atoms. The summed E-state index contributed by atoms with van der Waals surface area (Å²) in [6, 6.07) is 7.90. The molecule has 0 aromatic heterocycles. The molecule has 0 aliphatic carbocycles. The molecular weight excluding hydrogens is 398 g/mol. The van der Waals surface area contributed by atoms with Gasteiger partial charge in [-0.05, 0) is 5.56 Å². The van der Waals surface area contributed by atoms with E-state index in [2.05, 4.69) is 26.0 Å². The Kier molecular flexibility index (Phi) is 11.1. The van der Waals surface area contributed by atoms with Crippen LogP contribution in [0.3, 0.4) is 0 Å². The molecule has 12 nitrogen and oxygen atoms in total. The molecule has 164 valence electrons. The second-order valence-electron chi connectivity index (χ2n) is 5.99. The first-order valence-corrected chi connectivity index (χ1v) is 8.95. The minimum Gasteiger partial charge on any atom is -0.480 e. The summed E-state index contributed by atoms with van der Waals surface area (Å²) in [6.07, 6.45) is 0.159. The van der Waals surface area contributed by atoms with Gasteiger partial charge in [0.05, 0.1) is 19.6 Å². The Morgan fingerprint density at radius 1 is 0.933 bits per heavy atom. The molecule has 0 heterocycles. The number of nitrogens with two attached hydrogens (primary N) is 1. The number of carbonyl (C=O) groups excluding carboxylic acids is 4. The first-order chi connectivity index (χ1) is 14.3. The molecule has 30 heavy (non-hydrogen) atoms. The number of aliphatic carboxylic acids is 1. The quantitative estimate of drug-likeness (QED) is 0.144. The number of carboxylic acids is 1. The van der Waals surface area contributed by atoms with Gasteiger partial charge in [0.2, 0.25) is 23.6 Å². The normalized spacial score (nSPS) is 11.1. The van der Waals surface area contributed by atoms with Gasteiger partial charge in [-0.25, -0.2) is 4.79 Å². The zero-order chi connectivity index (χ0) is 22.4. The van der Waals surface area contributed by atoms with Crippen LogP contribution in [0.5, 0.6) is 0 Å². The highest BCUT2D eigenvalue weighted by Gasteiger charge is 2.22. The van der Waals surface area contributed by atoms with Gasteiger partial charge in [-0.1, -0.05) is 30.3 Å². The molecular formula is C18H25N5O7. The predicted octanol–water partition coefficient (Wildman–Crippen LogP) is -2.92. The fourth-order valence-corrected chi connectivity index (χ4v) is 2.18. The van der Waals surface area contributed by atoms with E-state index in [0.29, 0.717) is 0 Å². The van der Waals surface area contributed by atoms with Crippen molar-refractivity contribution in [1.29, 1.82) is 0 Å². The van der Waals surface area contributed by atoms with Gasteiger partial charge in [0.1, 0.15) is 19.4 Å². The van der Waals surface area contributed by atoms with Crippen LogP contribution in [0.15, 0.2) is 30.3 Å². The van der Waals surface area contributed by atoms with Crippen LogP contribution in [0, 0.1) is 0 Å². The number of carbonyl (C=O) groups is 5. The highest BCUT2D eigenvalue weighted by atomic mass is 16.5. The van der Waals surface area contributed by atoms with Crippen molar-refractivity contribution in [3.05, 3.63) is 35.9 Å². The molecule has 4 amide bonds. The Morgan fingerprint density at radius 3 is 2.23 bits per heavy atom. The Hall–Kier alpha value is -3.51. The number of ether oxygens (including phenoxy) is 1. The van der Waals surface area contributed by atoms with Gasteiger partial charge in [-0.15, -0.1) is 0 Å². The van der Waals surface area contributed by atoms with E-state index in [-0.39, 0.29) is 26.2 Å². The molecule has 12 heteroatoms. The van der Waals surface area contributed by atoms with Crippen LogP contribution in [0.4, 0.5) is 0 Å². The van der Waals surface area contributed by atoms with E-state index >= 15 is 0 Å². The summed E-state index contributed by atoms with van der Waals surface area (Å²) >= 11 is 0. The number of carboxylic acid groups (broad SMARTS) is 1. The SMILES string of the molecule is NCC(=O)NCC(=O)N[C@H](Cc1ccccc1)C(=O)NCC(=O)NCOCC(=O)O. The second-order valence-corrected chi connectivity index (χ2v) is 5.99. The Morgan fingerprint density at radius 2 is 1.60 bits per heavy atom. The average Bonchev–Trinajstić information content (AvgIpc) is 2.73. The summed E-state index contributed by atoms with van der Waals surface area (Å²) in [5.74, 6) is -3.51. The second kappa shape index (κ2) is 13.6. The van der Waals surface area contributed by atoms with Gasteiger partial charge in [0.15, 0.2) is 0 Å². The zero-order valence-corrected chi connectivity index (χ0v) is 16.2. The highest BCUT2D eigenvalue weighted by molar-refractivity contribution is 5.92. The number of benzene rings is 1. The van der Waals surface area contributed by atoms with Crippen LogP contribution in [-0.4, -0.2) is 73.7 Å². The van der Waals surface area contributed by atoms with Crippen molar-refractivity contribution in [1.82, 2.24) is 21.3 Å². The maximum absolute atomic E-state index is 12.5. The summed E-state index contributed by atoms with van der Waals surface area (Å²) in [6.45, 7) is -1.92. The third-order valence-corrected chi connectivity index (χ3v) is 3.59. The number of hydrogen-bond acceptors (Lipinski definition) is 7. The van der Waals surface area contributed by atoms with Gasteiger partial charge in [-0.3, -0.25) is 19.2 Å². The minimum absolute atomic E-state index is 0.159. The lowest BCUT2D eigenvalue weighted by Gasteiger charge is -2.19. The van der Waals surface area contributed by atoms with Crippen molar-refractivity contribution in [2.45, 2.75) is 12.5 Å². The maximum atomic E-state index is 12.5. The Bertz CT molecular complexity index is 742. The lowest BCUT2D eigenvalue weighted by atomic mass is 10.1. The number of hydrogen-bond donors (Lipinski definition) is 6. The molecule has 1 atom stereocenters. The summed E-state index contributed by atoms with van der Waals surface area (Å²) in [4.78, 5) is 57.7. The standard InChI is InChI=1S/C18H25N5O7/c19-7-14(24)20-9-16(26)23-13(6-12-4-2-1-3-5-12)18(29)21-8-15(25)22-11-30-10-17(27)28/h1-5,13H,6-11,19H2,(H,20,24)(H,21,29)(H,22,25)(H,23,26)(H,27,28)/t13-/m1/s1. The fraction of sp³-hybridized carbons (Fsp3) is 0.389. The Labute approximate surface area is 172 Å². The molecule has 1 aromatic carbocycles. The van der Waals surface area contributed by atoms with Crippen molar-refractivity contribution < 1.29 is 33.8 Å². The van der Waals surface area contributed by atoms with Gasteiger partial charge in [0.25, 0.3) is 0 Å². The molecule has 0 aliphatic rings. The molecule has 0 spiro atoms. The highest BCUT2D eigenvalue weighted by Crippen LogP contribution is 2.03. The van der Waals surface area contributed by atoms with E-state index in [1.54, 1.807) is 30.3 Å². The van der Waals surface area contributed by atoms with Gasteiger partial charge in [0, 0.05) is 6.42 Å². The van der Waals surface area contributed by atoms with E-state index in [1.165, 1.54) is 0 Å². The third-order valence-electron chi connectivity index (χ3n) is 3.59. The van der Waals surface area contributed by atoms with Crippen molar-refractivity contribution in [3.8, 4) is 0 Å². The van der Waals surface area contributed by atoms with Crippen LogP contribution in [0.2, 0.25) is 0 Å². The fourth-order valence-electron chi connectivity index (χ4n) is 2.18. The van der Waals surface area contributed by atoms with E-state index < -0.39 is 48.8 Å². The number of nitrogens with one attached hydrogen (secondary N) is 4. The smallest absolute Gasteiger partial charge is 0.329 e. The van der Waals surface area contributed by atoms with Gasteiger partial charge >= 0.3 is 5.97 Å². The van der Waals surface area contributed by atoms with Crippen LogP contribution >= 0.6 is 0 Å². The zero-order valence-electron chi connectivity index (χ0n) is 16.2. The minimum atomic E-state index is -1.18. The summed E-state index contributed by atoms with van der Waals surface area (Å²) in [5.41, 5.74) is 5.93. The molecule has 0 saturated carbocycles. The van der Waals surface area contributed by atoms with Crippen LogP contribution in [0.1, 0.15) is 5.56 Å². The summed E-state index contributed by atoms with van der Waals surface area (Å²) < 4.78 is 4.66. The van der Waals surface area contributed by atoms with E-state index in [1.807, 2.05) is 0 Å². The third kappa shape index (κ3) is 10.7. The topological polar surface area (TPSA) is 189 Å². The van der Waals surface area contributed by atoms with Crippen LogP contribution in [-0.2, 0) is 35.1 Å². The first-order valence-electron chi connectivity index (χ1n) is 8.95. The van der Waals surface area contributed by atoms with E-state index in [9.17, 15) is 24.0 Å². The molecule has 0 radical (unpaired) electrons.